The first-order chi connectivity index (χ1) is 10.1. The van der Waals surface area contributed by atoms with Gasteiger partial charge in [0.25, 0.3) is 5.89 Å². The zero-order chi connectivity index (χ0) is 14.9. The van der Waals surface area contributed by atoms with Crippen molar-refractivity contribution in [1.82, 2.24) is 19.7 Å². The average molecular weight is 286 g/mol. The molecule has 6 nitrogen and oxygen atoms in total. The van der Waals surface area contributed by atoms with Crippen LogP contribution in [0.2, 0.25) is 0 Å². The van der Waals surface area contributed by atoms with E-state index in [-0.39, 0.29) is 5.89 Å². The first-order valence-electron chi connectivity index (χ1n) is 7.05. The van der Waals surface area contributed by atoms with E-state index in [0.717, 1.165) is 17.5 Å². The van der Waals surface area contributed by atoms with Gasteiger partial charge in [0, 0.05) is 0 Å². The lowest BCUT2D eigenvalue weighted by molar-refractivity contribution is 0.0138. The number of nitrogens with zero attached hydrogens (tertiary/aromatic N) is 4. The molecule has 0 unspecified atom stereocenters. The third-order valence-electron chi connectivity index (χ3n) is 3.50. The summed E-state index contributed by atoms with van der Waals surface area (Å²) in [4.78, 5) is 8.63. The Kier molecular flexibility index (Phi) is 3.47. The number of aromatic nitrogens is 4. The van der Waals surface area contributed by atoms with E-state index < -0.39 is 5.60 Å². The fourth-order valence-corrected chi connectivity index (χ4v) is 2.42. The van der Waals surface area contributed by atoms with Crippen LogP contribution in [0.4, 0.5) is 0 Å². The smallest absolute Gasteiger partial charge is 0.258 e. The SMILES string of the molecule is CCC[C@@](C)(O)c1nc(Cn2cnc3ccccc32)no1. The molecule has 0 spiro atoms. The van der Waals surface area contributed by atoms with Crippen molar-refractivity contribution in [1.29, 1.82) is 0 Å². The van der Waals surface area contributed by atoms with Crippen LogP contribution in [0.3, 0.4) is 0 Å². The Morgan fingerprint density at radius 3 is 2.95 bits per heavy atom. The van der Waals surface area contributed by atoms with Crippen LogP contribution in [0.15, 0.2) is 35.1 Å². The molecule has 0 aliphatic rings. The second-order valence-corrected chi connectivity index (χ2v) is 5.40. The van der Waals surface area contributed by atoms with Crippen LogP contribution in [-0.4, -0.2) is 24.8 Å². The Morgan fingerprint density at radius 1 is 1.33 bits per heavy atom. The summed E-state index contributed by atoms with van der Waals surface area (Å²) < 4.78 is 7.15. The molecule has 21 heavy (non-hydrogen) atoms. The minimum absolute atomic E-state index is 0.267. The summed E-state index contributed by atoms with van der Waals surface area (Å²) in [6.45, 7) is 4.16. The first-order valence-corrected chi connectivity index (χ1v) is 7.05. The van der Waals surface area contributed by atoms with E-state index in [9.17, 15) is 5.11 Å². The van der Waals surface area contributed by atoms with Gasteiger partial charge in [-0.1, -0.05) is 30.6 Å². The van der Waals surface area contributed by atoms with Gasteiger partial charge < -0.3 is 14.2 Å². The molecule has 0 fully saturated rings. The molecular weight excluding hydrogens is 268 g/mol. The Labute approximate surface area is 122 Å². The maximum atomic E-state index is 10.3. The summed E-state index contributed by atoms with van der Waals surface area (Å²) in [7, 11) is 0. The summed E-state index contributed by atoms with van der Waals surface area (Å²) in [5.74, 6) is 0.799. The molecule has 6 heteroatoms. The van der Waals surface area contributed by atoms with E-state index in [1.807, 2.05) is 35.8 Å². The van der Waals surface area contributed by atoms with Crippen LogP contribution in [-0.2, 0) is 12.1 Å². The number of hydrogen-bond acceptors (Lipinski definition) is 5. The zero-order valence-corrected chi connectivity index (χ0v) is 12.2. The first kappa shape index (κ1) is 13.8. The standard InChI is InChI=1S/C15H18N4O2/c1-3-8-15(2,20)14-17-13(18-21-14)9-19-10-16-11-6-4-5-7-12(11)19/h4-7,10,20H,3,8-9H2,1-2H3/t15-/m1/s1. The normalized spacial score (nSPS) is 14.4. The third-order valence-corrected chi connectivity index (χ3v) is 3.50. The van der Waals surface area contributed by atoms with E-state index in [1.165, 1.54) is 0 Å². The summed E-state index contributed by atoms with van der Waals surface area (Å²) >= 11 is 0. The van der Waals surface area contributed by atoms with Gasteiger partial charge in [-0.15, -0.1) is 0 Å². The molecule has 1 N–H and O–H groups in total. The molecule has 2 aromatic heterocycles. The maximum absolute atomic E-state index is 10.3. The molecule has 0 saturated heterocycles. The molecular formula is C15H18N4O2. The molecule has 2 heterocycles. The monoisotopic (exact) mass is 286 g/mol. The van der Waals surface area contributed by atoms with Gasteiger partial charge in [-0.3, -0.25) is 0 Å². The van der Waals surface area contributed by atoms with Crippen molar-refractivity contribution >= 4 is 11.0 Å². The Bertz CT molecular complexity index is 745. The van der Waals surface area contributed by atoms with Crippen LogP contribution in [0.5, 0.6) is 0 Å². The van der Waals surface area contributed by atoms with Crippen molar-refractivity contribution < 1.29 is 9.63 Å². The number of para-hydroxylation sites is 2. The maximum Gasteiger partial charge on any atom is 0.258 e. The molecule has 0 aliphatic heterocycles. The van der Waals surface area contributed by atoms with Crippen LogP contribution in [0.25, 0.3) is 11.0 Å². The van der Waals surface area contributed by atoms with Crippen molar-refractivity contribution in [2.75, 3.05) is 0 Å². The van der Waals surface area contributed by atoms with Crippen molar-refractivity contribution in [2.45, 2.75) is 38.8 Å². The highest BCUT2D eigenvalue weighted by molar-refractivity contribution is 5.74. The Morgan fingerprint density at radius 2 is 2.14 bits per heavy atom. The number of rotatable bonds is 5. The van der Waals surface area contributed by atoms with Gasteiger partial charge in [0.1, 0.15) is 5.60 Å². The third kappa shape index (κ3) is 2.67. The van der Waals surface area contributed by atoms with Crippen LogP contribution in [0.1, 0.15) is 38.4 Å². The highest BCUT2D eigenvalue weighted by atomic mass is 16.5. The van der Waals surface area contributed by atoms with E-state index >= 15 is 0 Å². The molecule has 1 aromatic carbocycles. The Hall–Kier alpha value is -2.21. The molecule has 110 valence electrons. The number of benzene rings is 1. The van der Waals surface area contributed by atoms with Crippen molar-refractivity contribution in [3.63, 3.8) is 0 Å². The molecule has 3 aromatic rings. The molecule has 3 rings (SSSR count). The fourth-order valence-electron chi connectivity index (χ4n) is 2.42. The van der Waals surface area contributed by atoms with Gasteiger partial charge in [0.15, 0.2) is 5.82 Å². The largest absolute Gasteiger partial charge is 0.380 e. The number of imidazole rings is 1. The van der Waals surface area contributed by atoms with Crippen LogP contribution in [0, 0.1) is 0 Å². The summed E-state index contributed by atoms with van der Waals surface area (Å²) in [6, 6.07) is 7.87. The second-order valence-electron chi connectivity index (χ2n) is 5.40. The van der Waals surface area contributed by atoms with Gasteiger partial charge in [0.2, 0.25) is 0 Å². The molecule has 0 bridgehead atoms. The predicted molar refractivity (Wildman–Crippen MR) is 77.6 cm³/mol. The number of aliphatic hydroxyl groups is 1. The predicted octanol–water partition coefficient (Wildman–Crippen LogP) is 2.48. The topological polar surface area (TPSA) is 77.0 Å². The lowest BCUT2D eigenvalue weighted by atomic mass is 10.0. The minimum atomic E-state index is -1.07. The van der Waals surface area contributed by atoms with E-state index in [2.05, 4.69) is 15.1 Å². The van der Waals surface area contributed by atoms with E-state index in [1.54, 1.807) is 13.3 Å². The number of hydrogen-bond donors (Lipinski definition) is 1. The minimum Gasteiger partial charge on any atom is -0.380 e. The summed E-state index contributed by atoms with van der Waals surface area (Å²) in [5, 5.41) is 14.2. The number of fused-ring (bicyclic) bond motifs is 1. The van der Waals surface area contributed by atoms with Gasteiger partial charge in [-0.25, -0.2) is 4.98 Å². The quantitative estimate of drug-likeness (QED) is 0.779. The van der Waals surface area contributed by atoms with Crippen molar-refractivity contribution in [3.05, 3.63) is 42.3 Å². The van der Waals surface area contributed by atoms with Gasteiger partial charge >= 0.3 is 0 Å². The fraction of sp³-hybridized carbons (Fsp3) is 0.400. The second kappa shape index (κ2) is 5.29. The van der Waals surface area contributed by atoms with Crippen LogP contribution >= 0.6 is 0 Å². The lowest BCUT2D eigenvalue weighted by Gasteiger charge is -2.16. The molecule has 1 atom stereocenters. The molecule has 0 aliphatic carbocycles. The van der Waals surface area contributed by atoms with Crippen molar-refractivity contribution in [3.8, 4) is 0 Å². The Balaban J connectivity index is 1.84. The molecule has 0 radical (unpaired) electrons. The summed E-state index contributed by atoms with van der Waals surface area (Å²) in [6.07, 6.45) is 3.18. The molecule has 0 amide bonds. The lowest BCUT2D eigenvalue weighted by Crippen LogP contribution is -2.21. The highest BCUT2D eigenvalue weighted by Gasteiger charge is 2.29. The van der Waals surface area contributed by atoms with Crippen molar-refractivity contribution in [2.24, 2.45) is 0 Å². The van der Waals surface area contributed by atoms with E-state index in [4.69, 9.17) is 4.52 Å². The zero-order valence-electron chi connectivity index (χ0n) is 12.2. The highest BCUT2D eigenvalue weighted by Crippen LogP contribution is 2.24. The van der Waals surface area contributed by atoms with Gasteiger partial charge in [-0.05, 0) is 25.5 Å². The van der Waals surface area contributed by atoms with Gasteiger partial charge in [-0.2, -0.15) is 4.98 Å². The van der Waals surface area contributed by atoms with E-state index in [0.29, 0.717) is 18.8 Å². The van der Waals surface area contributed by atoms with Gasteiger partial charge in [0.05, 0.1) is 23.9 Å². The summed E-state index contributed by atoms with van der Waals surface area (Å²) in [5.41, 5.74) is 0.875. The van der Waals surface area contributed by atoms with Crippen LogP contribution < -0.4 is 0 Å². The molecule has 0 saturated carbocycles. The average Bonchev–Trinajstić information content (AvgIpc) is 3.08.